The van der Waals surface area contributed by atoms with Gasteiger partial charge in [-0.15, -0.1) is 0 Å². The molecule has 152 valence electrons. The van der Waals surface area contributed by atoms with Crippen LogP contribution >= 0.6 is 0 Å². The van der Waals surface area contributed by atoms with Crippen molar-refractivity contribution < 1.29 is 19.4 Å². The van der Waals surface area contributed by atoms with Gasteiger partial charge in [0.05, 0.1) is 12.2 Å². The number of fused-ring (bicyclic) bond motifs is 1. The molecule has 1 aromatic carbocycles. The zero-order valence-electron chi connectivity index (χ0n) is 16.5. The number of aliphatic carboxylic acids is 1. The van der Waals surface area contributed by atoms with Gasteiger partial charge in [0.15, 0.2) is 11.5 Å². The van der Waals surface area contributed by atoms with E-state index in [1.807, 2.05) is 37.4 Å². The Bertz CT molecular complexity index is 997. The van der Waals surface area contributed by atoms with Crippen LogP contribution in [0.2, 0.25) is 0 Å². The van der Waals surface area contributed by atoms with E-state index in [-0.39, 0.29) is 5.43 Å². The van der Waals surface area contributed by atoms with Crippen LogP contribution in [-0.4, -0.2) is 40.2 Å². The number of carboxylic acids is 1. The van der Waals surface area contributed by atoms with Crippen molar-refractivity contribution >= 4 is 5.97 Å². The molecule has 0 aromatic heterocycles. The van der Waals surface area contributed by atoms with Gasteiger partial charge in [-0.1, -0.05) is 12.1 Å². The standard InChI is InChI=1S/C22H24N2O5/c1-3-28-21(22(26)27)12-16-4-8-19(9-5-16)29-11-10-24-14-17-6-7-18(25)13-20(17)15(2)23-24/h4-9,13-14,21H,3,10-12H2,1-2H3,(H,26,27). The average molecular weight is 396 g/mol. The smallest absolute Gasteiger partial charge is 0.333 e. The lowest BCUT2D eigenvalue weighted by atomic mass is 10.1. The monoisotopic (exact) mass is 396 g/mol. The number of carboxylic acid groups (broad SMARTS) is 1. The molecule has 3 rings (SSSR count). The third-order valence-corrected chi connectivity index (χ3v) is 4.56. The highest BCUT2D eigenvalue weighted by Gasteiger charge is 2.17. The molecule has 0 radical (unpaired) electrons. The number of hydrogen-bond acceptors (Lipinski definition) is 5. The molecule has 7 heteroatoms. The summed E-state index contributed by atoms with van der Waals surface area (Å²) >= 11 is 0. The van der Waals surface area contributed by atoms with Crippen LogP contribution < -0.4 is 10.2 Å². The average Bonchev–Trinajstić information content (AvgIpc) is 2.69. The number of ether oxygens (including phenoxy) is 2. The van der Waals surface area contributed by atoms with Crippen molar-refractivity contribution in [3.8, 4) is 16.9 Å². The van der Waals surface area contributed by atoms with Crippen LogP contribution in [-0.2, 0) is 22.5 Å². The maximum atomic E-state index is 11.5. The Morgan fingerprint density at radius 3 is 2.66 bits per heavy atom. The number of carbonyl (C=O) groups is 1. The molecule has 1 aliphatic heterocycles. The SMILES string of the molecule is CCOC(Cc1ccc(OCCn2cc3ccc(=O)cc-3c(C)n2)cc1)C(=O)O. The lowest BCUT2D eigenvalue weighted by molar-refractivity contribution is -0.149. The molecule has 0 fully saturated rings. The minimum Gasteiger partial charge on any atom is -0.492 e. The summed E-state index contributed by atoms with van der Waals surface area (Å²) in [5.74, 6) is -0.264. The van der Waals surface area contributed by atoms with E-state index in [1.165, 1.54) is 0 Å². The maximum absolute atomic E-state index is 11.5. The molecule has 1 heterocycles. The van der Waals surface area contributed by atoms with Crippen LogP contribution in [0.5, 0.6) is 5.75 Å². The summed E-state index contributed by atoms with van der Waals surface area (Å²) < 4.78 is 12.8. The normalized spacial score (nSPS) is 12.1. The Balaban J connectivity index is 1.58. The first-order chi connectivity index (χ1) is 14.0. The van der Waals surface area contributed by atoms with Gasteiger partial charge in [-0.05, 0) is 49.7 Å². The number of aryl methyl sites for hydroxylation is 1. The van der Waals surface area contributed by atoms with Crippen molar-refractivity contribution in [3.63, 3.8) is 0 Å². The second-order valence-electron chi connectivity index (χ2n) is 6.71. The molecule has 1 atom stereocenters. The third-order valence-electron chi connectivity index (χ3n) is 4.56. The number of hydrogen-bond donors (Lipinski definition) is 1. The summed E-state index contributed by atoms with van der Waals surface area (Å²) in [6, 6.07) is 12.3. The summed E-state index contributed by atoms with van der Waals surface area (Å²) in [6.07, 6.45) is 1.36. The molecule has 7 nitrogen and oxygen atoms in total. The minimum absolute atomic E-state index is 0.0251. The van der Waals surface area contributed by atoms with E-state index in [2.05, 4.69) is 5.10 Å². The highest BCUT2D eigenvalue weighted by Crippen LogP contribution is 2.21. The number of nitrogens with zero attached hydrogens (tertiary/aromatic N) is 2. The Kier molecular flexibility index (Phi) is 6.61. The highest BCUT2D eigenvalue weighted by molar-refractivity contribution is 5.72. The fraction of sp³-hybridized carbons (Fsp3) is 0.318. The molecule has 29 heavy (non-hydrogen) atoms. The van der Waals surface area contributed by atoms with Crippen LogP contribution in [0, 0.1) is 6.92 Å². The fourth-order valence-electron chi connectivity index (χ4n) is 3.12. The predicted molar refractivity (Wildman–Crippen MR) is 109 cm³/mol. The molecular formula is C22H24N2O5. The quantitative estimate of drug-likeness (QED) is 0.598. The molecule has 0 saturated heterocycles. The van der Waals surface area contributed by atoms with E-state index in [9.17, 15) is 14.7 Å². The molecule has 2 aliphatic rings. The fourth-order valence-corrected chi connectivity index (χ4v) is 3.12. The van der Waals surface area contributed by atoms with Gasteiger partial charge in [-0.2, -0.15) is 5.10 Å². The van der Waals surface area contributed by atoms with Gasteiger partial charge in [0.2, 0.25) is 0 Å². The van der Waals surface area contributed by atoms with Crippen LogP contribution in [0.1, 0.15) is 18.2 Å². The first-order valence-electron chi connectivity index (χ1n) is 9.50. The van der Waals surface area contributed by atoms with Gasteiger partial charge in [0, 0.05) is 30.4 Å². The molecule has 1 unspecified atom stereocenters. The zero-order chi connectivity index (χ0) is 20.8. The Morgan fingerprint density at radius 2 is 1.97 bits per heavy atom. The van der Waals surface area contributed by atoms with Gasteiger partial charge < -0.3 is 14.6 Å². The second-order valence-corrected chi connectivity index (χ2v) is 6.71. The van der Waals surface area contributed by atoms with Gasteiger partial charge in [0.1, 0.15) is 12.4 Å². The van der Waals surface area contributed by atoms with E-state index < -0.39 is 12.1 Å². The number of aromatic nitrogens is 2. The first-order valence-corrected chi connectivity index (χ1v) is 9.50. The first kappa shape index (κ1) is 20.5. The summed E-state index contributed by atoms with van der Waals surface area (Å²) in [5.41, 5.74) is 3.47. The topological polar surface area (TPSA) is 90.7 Å². The van der Waals surface area contributed by atoms with Crippen LogP contribution in [0.3, 0.4) is 0 Å². The van der Waals surface area contributed by atoms with Crippen molar-refractivity contribution in [2.45, 2.75) is 32.9 Å². The van der Waals surface area contributed by atoms with Crippen molar-refractivity contribution in [1.29, 1.82) is 0 Å². The Labute approximate surface area is 168 Å². The largest absolute Gasteiger partial charge is 0.492 e. The highest BCUT2D eigenvalue weighted by atomic mass is 16.5. The van der Waals surface area contributed by atoms with Gasteiger partial charge >= 0.3 is 5.97 Å². The zero-order valence-corrected chi connectivity index (χ0v) is 16.5. The molecule has 0 bridgehead atoms. The summed E-state index contributed by atoms with van der Waals surface area (Å²) in [4.78, 5) is 22.7. The van der Waals surface area contributed by atoms with E-state index in [4.69, 9.17) is 9.47 Å². The van der Waals surface area contributed by atoms with Crippen molar-refractivity contribution in [2.75, 3.05) is 13.2 Å². The van der Waals surface area contributed by atoms with Crippen molar-refractivity contribution in [2.24, 2.45) is 0 Å². The van der Waals surface area contributed by atoms with E-state index >= 15 is 0 Å². The van der Waals surface area contributed by atoms with Gasteiger partial charge in [0.25, 0.3) is 0 Å². The van der Waals surface area contributed by atoms with Crippen molar-refractivity contribution in [3.05, 3.63) is 70.1 Å². The van der Waals surface area contributed by atoms with E-state index in [0.29, 0.717) is 31.9 Å². The van der Waals surface area contributed by atoms with E-state index in [0.717, 1.165) is 22.4 Å². The molecule has 0 saturated carbocycles. The molecule has 1 N–H and O–H groups in total. The minimum atomic E-state index is -0.964. The maximum Gasteiger partial charge on any atom is 0.333 e. The summed E-state index contributed by atoms with van der Waals surface area (Å²) in [5, 5.41) is 13.7. The van der Waals surface area contributed by atoms with E-state index in [1.54, 1.807) is 29.8 Å². The summed E-state index contributed by atoms with van der Waals surface area (Å²) in [6.45, 7) is 5.00. The number of rotatable bonds is 9. The van der Waals surface area contributed by atoms with Gasteiger partial charge in [-0.25, -0.2) is 4.79 Å². The lowest BCUT2D eigenvalue weighted by Gasteiger charge is -2.14. The van der Waals surface area contributed by atoms with Crippen molar-refractivity contribution in [1.82, 2.24) is 9.78 Å². The molecule has 1 aromatic rings. The number of benzene rings is 2. The molecular weight excluding hydrogens is 372 g/mol. The third kappa shape index (κ3) is 5.42. The molecule has 0 spiro atoms. The summed E-state index contributed by atoms with van der Waals surface area (Å²) in [7, 11) is 0. The molecule has 0 amide bonds. The predicted octanol–water partition coefficient (Wildman–Crippen LogP) is 2.77. The van der Waals surface area contributed by atoms with Crippen LogP contribution in [0.15, 0.2) is 53.5 Å². The van der Waals surface area contributed by atoms with Gasteiger partial charge in [-0.3, -0.25) is 9.48 Å². The van der Waals surface area contributed by atoms with Crippen LogP contribution in [0.4, 0.5) is 0 Å². The second kappa shape index (κ2) is 9.34. The Hall–Kier alpha value is -3.19. The lowest BCUT2D eigenvalue weighted by Crippen LogP contribution is -2.26. The van der Waals surface area contributed by atoms with Crippen LogP contribution in [0.25, 0.3) is 11.1 Å². The molecule has 1 aliphatic carbocycles. The Morgan fingerprint density at radius 1 is 1.21 bits per heavy atom.